The van der Waals surface area contributed by atoms with Crippen molar-refractivity contribution in [3.8, 4) is 17.1 Å². The van der Waals surface area contributed by atoms with Gasteiger partial charge in [-0.1, -0.05) is 41.9 Å². The summed E-state index contributed by atoms with van der Waals surface area (Å²) in [6, 6.07) is 18.9. The summed E-state index contributed by atoms with van der Waals surface area (Å²) >= 11 is 6.24. The van der Waals surface area contributed by atoms with E-state index in [9.17, 15) is 4.79 Å². The van der Waals surface area contributed by atoms with E-state index in [-0.39, 0.29) is 17.7 Å². The number of methoxy groups -OCH3 is 1. The monoisotopic (exact) mass is 424 g/mol. The summed E-state index contributed by atoms with van der Waals surface area (Å²) in [6.07, 6.45) is 2.33. The van der Waals surface area contributed by atoms with Crippen LogP contribution in [0.5, 0.6) is 5.75 Å². The Labute approximate surface area is 181 Å². The van der Waals surface area contributed by atoms with Crippen molar-refractivity contribution in [2.75, 3.05) is 26.7 Å². The molecule has 1 fully saturated rings. The van der Waals surface area contributed by atoms with Crippen LogP contribution in [0.25, 0.3) is 11.3 Å². The molecule has 4 rings (SSSR count). The van der Waals surface area contributed by atoms with Gasteiger partial charge in [-0.05, 0) is 56.3 Å². The molecule has 0 radical (unpaired) electrons. The first-order chi connectivity index (χ1) is 14.7. The summed E-state index contributed by atoms with van der Waals surface area (Å²) in [5.74, 6) is 1.44. The number of halogens is 1. The Bertz CT molecular complexity index is 1010. The number of furan rings is 1. The highest BCUT2D eigenvalue weighted by atomic mass is 35.5. The molecule has 0 unspecified atom stereocenters. The molecule has 5 nitrogen and oxygen atoms in total. The van der Waals surface area contributed by atoms with Crippen molar-refractivity contribution >= 4 is 17.5 Å². The third-order valence-electron chi connectivity index (χ3n) is 5.50. The number of nitrogens with zero attached hydrogens (tertiary/aromatic N) is 1. The SMILES string of the molecule is COc1ccccc1[C@@H](CNC(=O)c1ccc(-c2ccccc2Cl)o1)N1CCCC1. The standard InChI is InChI=1S/C24H25ClN2O3/c1-29-21-11-5-3-9-18(21)20(27-14-6-7-15-27)16-26-24(28)23-13-12-22(30-23)17-8-2-4-10-19(17)25/h2-5,8-13,20H,6-7,14-16H2,1H3,(H,26,28)/t20-/m1/s1. The number of nitrogens with one attached hydrogen (secondary N) is 1. The van der Waals surface area contributed by atoms with Crippen molar-refractivity contribution in [3.05, 3.63) is 77.0 Å². The van der Waals surface area contributed by atoms with Crippen molar-refractivity contribution in [2.45, 2.75) is 18.9 Å². The summed E-state index contributed by atoms with van der Waals surface area (Å²) in [4.78, 5) is 15.2. The summed E-state index contributed by atoms with van der Waals surface area (Å²) in [5, 5.41) is 3.63. The van der Waals surface area contributed by atoms with Crippen LogP contribution in [-0.2, 0) is 0 Å². The highest BCUT2D eigenvalue weighted by Gasteiger charge is 2.26. The smallest absolute Gasteiger partial charge is 0.287 e. The third-order valence-corrected chi connectivity index (χ3v) is 5.83. The minimum atomic E-state index is -0.243. The Morgan fingerprint density at radius 1 is 1.10 bits per heavy atom. The fourth-order valence-electron chi connectivity index (χ4n) is 3.97. The molecule has 1 aliphatic heterocycles. The molecular weight excluding hydrogens is 400 g/mol. The van der Waals surface area contributed by atoms with Crippen LogP contribution < -0.4 is 10.1 Å². The average Bonchev–Trinajstić information content (AvgIpc) is 3.47. The van der Waals surface area contributed by atoms with E-state index in [0.29, 0.717) is 17.3 Å². The Kier molecular flexibility index (Phi) is 6.41. The molecule has 156 valence electrons. The highest BCUT2D eigenvalue weighted by molar-refractivity contribution is 6.33. The highest BCUT2D eigenvalue weighted by Crippen LogP contribution is 2.32. The molecule has 30 heavy (non-hydrogen) atoms. The molecule has 1 aromatic heterocycles. The lowest BCUT2D eigenvalue weighted by molar-refractivity contribution is 0.0910. The van der Waals surface area contributed by atoms with Crippen LogP contribution in [0.1, 0.15) is 35.0 Å². The molecule has 0 bridgehead atoms. The third kappa shape index (κ3) is 4.37. The van der Waals surface area contributed by atoms with Gasteiger partial charge in [-0.15, -0.1) is 0 Å². The van der Waals surface area contributed by atoms with E-state index in [2.05, 4.69) is 16.3 Å². The zero-order valence-corrected chi connectivity index (χ0v) is 17.7. The number of rotatable bonds is 7. The Morgan fingerprint density at radius 2 is 1.83 bits per heavy atom. The van der Waals surface area contributed by atoms with Gasteiger partial charge < -0.3 is 14.5 Å². The maximum Gasteiger partial charge on any atom is 0.287 e. The topological polar surface area (TPSA) is 54.7 Å². The number of carbonyl (C=O) groups is 1. The Balaban J connectivity index is 1.50. The second-order valence-corrected chi connectivity index (χ2v) is 7.76. The van der Waals surface area contributed by atoms with Gasteiger partial charge in [-0.3, -0.25) is 9.69 Å². The van der Waals surface area contributed by atoms with Crippen LogP contribution in [0.15, 0.2) is 65.1 Å². The van der Waals surface area contributed by atoms with E-state index in [4.69, 9.17) is 20.8 Å². The summed E-state index contributed by atoms with van der Waals surface area (Å²) < 4.78 is 11.4. The zero-order valence-electron chi connectivity index (χ0n) is 16.9. The average molecular weight is 425 g/mol. The van der Waals surface area contributed by atoms with E-state index in [1.54, 1.807) is 25.3 Å². The maximum atomic E-state index is 12.8. The first-order valence-electron chi connectivity index (χ1n) is 10.2. The fourth-order valence-corrected chi connectivity index (χ4v) is 4.20. The summed E-state index contributed by atoms with van der Waals surface area (Å²) in [7, 11) is 1.68. The van der Waals surface area contributed by atoms with Crippen molar-refractivity contribution in [1.82, 2.24) is 10.2 Å². The van der Waals surface area contributed by atoms with Crippen LogP contribution in [0, 0.1) is 0 Å². The molecule has 1 amide bonds. The quantitative estimate of drug-likeness (QED) is 0.568. The van der Waals surface area contributed by atoms with Crippen LogP contribution in [-0.4, -0.2) is 37.6 Å². The molecule has 0 aliphatic carbocycles. The molecule has 2 aromatic carbocycles. The van der Waals surface area contributed by atoms with Gasteiger partial charge in [0.1, 0.15) is 11.5 Å². The first kappa shape index (κ1) is 20.5. The van der Waals surface area contributed by atoms with Gasteiger partial charge >= 0.3 is 0 Å². The lowest BCUT2D eigenvalue weighted by Gasteiger charge is -2.29. The minimum absolute atomic E-state index is 0.0469. The minimum Gasteiger partial charge on any atom is -0.496 e. The Hall–Kier alpha value is -2.76. The van der Waals surface area contributed by atoms with E-state index >= 15 is 0 Å². The van der Waals surface area contributed by atoms with Crippen LogP contribution in [0.4, 0.5) is 0 Å². The summed E-state index contributed by atoms with van der Waals surface area (Å²) in [6.45, 7) is 2.49. The lowest BCUT2D eigenvalue weighted by Crippen LogP contribution is -2.36. The van der Waals surface area contributed by atoms with Crippen LogP contribution in [0.3, 0.4) is 0 Å². The molecular formula is C24H25ClN2O3. The van der Waals surface area contributed by atoms with Crippen molar-refractivity contribution in [1.29, 1.82) is 0 Å². The molecule has 0 saturated carbocycles. The number of ether oxygens (including phenoxy) is 1. The van der Waals surface area contributed by atoms with Crippen LogP contribution >= 0.6 is 11.6 Å². The zero-order chi connectivity index (χ0) is 20.9. The number of likely N-dealkylation sites (tertiary alicyclic amines) is 1. The Morgan fingerprint density at radius 3 is 2.60 bits per heavy atom. The molecule has 1 saturated heterocycles. The van der Waals surface area contributed by atoms with E-state index < -0.39 is 0 Å². The second kappa shape index (κ2) is 9.37. The number of benzene rings is 2. The van der Waals surface area contributed by atoms with Gasteiger partial charge in [0, 0.05) is 17.7 Å². The molecule has 3 aromatic rings. The van der Waals surface area contributed by atoms with Gasteiger partial charge in [0.05, 0.1) is 18.2 Å². The number of carbonyl (C=O) groups excluding carboxylic acids is 1. The molecule has 0 spiro atoms. The normalized spacial score (nSPS) is 15.1. The van der Waals surface area contributed by atoms with E-state index in [0.717, 1.165) is 30.0 Å². The second-order valence-electron chi connectivity index (χ2n) is 7.35. The summed E-state index contributed by atoms with van der Waals surface area (Å²) in [5.41, 5.74) is 1.85. The van der Waals surface area contributed by atoms with Crippen molar-refractivity contribution in [3.63, 3.8) is 0 Å². The van der Waals surface area contributed by atoms with Gasteiger partial charge in [0.2, 0.25) is 0 Å². The van der Waals surface area contributed by atoms with E-state index in [1.165, 1.54) is 12.8 Å². The lowest BCUT2D eigenvalue weighted by atomic mass is 10.0. The molecule has 1 atom stereocenters. The number of hydrogen-bond acceptors (Lipinski definition) is 4. The predicted octanol–water partition coefficient (Wildman–Crippen LogP) is 5.18. The van der Waals surface area contributed by atoms with Crippen LogP contribution in [0.2, 0.25) is 5.02 Å². The largest absolute Gasteiger partial charge is 0.496 e. The molecule has 1 aliphatic rings. The fraction of sp³-hybridized carbons (Fsp3) is 0.292. The molecule has 6 heteroatoms. The van der Waals surface area contributed by atoms with Gasteiger partial charge in [0.15, 0.2) is 5.76 Å². The van der Waals surface area contributed by atoms with Gasteiger partial charge in [0.25, 0.3) is 5.91 Å². The maximum absolute atomic E-state index is 12.8. The number of hydrogen-bond donors (Lipinski definition) is 1. The van der Waals surface area contributed by atoms with E-state index in [1.807, 2.05) is 36.4 Å². The number of para-hydroxylation sites is 1. The van der Waals surface area contributed by atoms with Crippen molar-refractivity contribution in [2.24, 2.45) is 0 Å². The first-order valence-corrected chi connectivity index (χ1v) is 10.5. The number of amides is 1. The molecule has 1 N–H and O–H groups in total. The van der Waals surface area contributed by atoms with Crippen molar-refractivity contribution < 1.29 is 13.9 Å². The molecule has 2 heterocycles. The predicted molar refractivity (Wildman–Crippen MR) is 118 cm³/mol. The van der Waals surface area contributed by atoms with Gasteiger partial charge in [-0.25, -0.2) is 0 Å². The van der Waals surface area contributed by atoms with Gasteiger partial charge in [-0.2, -0.15) is 0 Å².